The average molecular weight is 311 g/mol. The number of hydrogen-bond donors (Lipinski definition) is 2. The van der Waals surface area contributed by atoms with Crippen molar-refractivity contribution in [1.82, 2.24) is 5.32 Å². The largest absolute Gasteiger partial charge is 0.469 e. The summed E-state index contributed by atoms with van der Waals surface area (Å²) in [5.41, 5.74) is -0.135. The highest BCUT2D eigenvalue weighted by molar-refractivity contribution is 7.12. The Kier molecular flexibility index (Phi) is 5.79. The van der Waals surface area contributed by atoms with E-state index in [0.717, 1.165) is 24.3 Å². The van der Waals surface area contributed by atoms with Crippen LogP contribution >= 0.6 is 11.3 Å². The van der Waals surface area contributed by atoms with Crippen molar-refractivity contribution in [3.8, 4) is 0 Å². The summed E-state index contributed by atoms with van der Waals surface area (Å²) in [7, 11) is 1.41. The molecule has 1 heterocycles. The highest BCUT2D eigenvalue weighted by Crippen LogP contribution is 2.32. The van der Waals surface area contributed by atoms with E-state index >= 15 is 0 Å². The second-order valence-electron chi connectivity index (χ2n) is 6.11. The molecule has 118 valence electrons. The van der Waals surface area contributed by atoms with E-state index in [9.17, 15) is 9.90 Å². The van der Waals surface area contributed by atoms with Crippen molar-refractivity contribution in [1.29, 1.82) is 0 Å². The lowest BCUT2D eigenvalue weighted by Crippen LogP contribution is -2.50. The molecule has 0 aromatic carbocycles. The standard InChI is InChI=1S/C16H25NO3S/c1-12-4-3-7-16(9-12,11-18)17-10-14-6-5-13(21-14)8-15(19)20-2/h5-6,12,17-18H,3-4,7-11H2,1-2H3. The Hall–Kier alpha value is -0.910. The van der Waals surface area contributed by atoms with Gasteiger partial charge in [0.25, 0.3) is 0 Å². The molecule has 5 heteroatoms. The Morgan fingerprint density at radius 3 is 2.95 bits per heavy atom. The van der Waals surface area contributed by atoms with Crippen molar-refractivity contribution >= 4 is 17.3 Å². The maximum atomic E-state index is 11.3. The maximum absolute atomic E-state index is 11.3. The molecule has 4 nitrogen and oxygen atoms in total. The van der Waals surface area contributed by atoms with Crippen LogP contribution in [0.5, 0.6) is 0 Å². The van der Waals surface area contributed by atoms with Gasteiger partial charge in [-0.3, -0.25) is 4.79 Å². The van der Waals surface area contributed by atoms with Crippen molar-refractivity contribution in [2.24, 2.45) is 5.92 Å². The molecular formula is C16H25NO3S. The van der Waals surface area contributed by atoms with Crippen LogP contribution in [0.2, 0.25) is 0 Å². The maximum Gasteiger partial charge on any atom is 0.310 e. The second kappa shape index (κ2) is 7.38. The van der Waals surface area contributed by atoms with Gasteiger partial charge in [0.1, 0.15) is 0 Å². The number of carbonyl (C=O) groups is 1. The number of rotatable bonds is 6. The summed E-state index contributed by atoms with van der Waals surface area (Å²) >= 11 is 1.63. The molecule has 0 bridgehead atoms. The number of ether oxygens (including phenoxy) is 1. The molecule has 21 heavy (non-hydrogen) atoms. The fourth-order valence-corrected chi connectivity index (χ4v) is 4.06. The minimum absolute atomic E-state index is 0.135. The lowest BCUT2D eigenvalue weighted by molar-refractivity contribution is -0.139. The first-order valence-electron chi connectivity index (χ1n) is 7.57. The van der Waals surface area contributed by atoms with Gasteiger partial charge in [0, 0.05) is 21.8 Å². The molecule has 1 aromatic rings. The molecule has 0 saturated heterocycles. The van der Waals surface area contributed by atoms with Gasteiger partial charge in [-0.25, -0.2) is 0 Å². The zero-order chi connectivity index (χ0) is 15.3. The minimum Gasteiger partial charge on any atom is -0.469 e. The highest BCUT2D eigenvalue weighted by atomic mass is 32.1. The molecule has 0 amide bonds. The van der Waals surface area contributed by atoms with Crippen molar-refractivity contribution in [2.45, 2.75) is 51.1 Å². The summed E-state index contributed by atoms with van der Waals surface area (Å²) in [5, 5.41) is 13.3. The van der Waals surface area contributed by atoms with E-state index in [0.29, 0.717) is 12.3 Å². The Morgan fingerprint density at radius 1 is 1.52 bits per heavy atom. The summed E-state index contributed by atoms with van der Waals surface area (Å²) in [6.45, 7) is 3.20. The number of carbonyl (C=O) groups excluding carboxylic acids is 1. The van der Waals surface area contributed by atoms with E-state index in [4.69, 9.17) is 0 Å². The molecule has 1 aromatic heterocycles. The number of methoxy groups -OCH3 is 1. The fraction of sp³-hybridized carbons (Fsp3) is 0.688. The monoisotopic (exact) mass is 311 g/mol. The van der Waals surface area contributed by atoms with Crippen LogP contribution in [0.4, 0.5) is 0 Å². The van der Waals surface area contributed by atoms with Crippen LogP contribution in [0.3, 0.4) is 0 Å². The number of aliphatic hydroxyl groups excluding tert-OH is 1. The number of hydrogen-bond acceptors (Lipinski definition) is 5. The topological polar surface area (TPSA) is 58.6 Å². The summed E-state index contributed by atoms with van der Waals surface area (Å²) < 4.78 is 4.68. The lowest BCUT2D eigenvalue weighted by Gasteiger charge is -2.39. The number of nitrogens with one attached hydrogen (secondary N) is 1. The third kappa shape index (κ3) is 4.53. The van der Waals surface area contributed by atoms with Gasteiger partial charge in [0.2, 0.25) is 0 Å². The summed E-state index contributed by atoms with van der Waals surface area (Å²) in [6.07, 6.45) is 4.83. The molecular weight excluding hydrogens is 286 g/mol. The van der Waals surface area contributed by atoms with Gasteiger partial charge in [0.15, 0.2) is 0 Å². The van der Waals surface area contributed by atoms with Crippen LogP contribution in [0.25, 0.3) is 0 Å². The summed E-state index contributed by atoms with van der Waals surface area (Å²) in [5.74, 6) is 0.459. The van der Waals surface area contributed by atoms with Crippen LogP contribution in [0, 0.1) is 5.92 Å². The van der Waals surface area contributed by atoms with Crippen LogP contribution < -0.4 is 5.32 Å². The minimum atomic E-state index is -0.204. The van der Waals surface area contributed by atoms with Crippen molar-refractivity contribution < 1.29 is 14.6 Å². The van der Waals surface area contributed by atoms with Gasteiger partial charge in [-0.2, -0.15) is 0 Å². The molecule has 2 rings (SSSR count). The zero-order valence-electron chi connectivity index (χ0n) is 12.9. The van der Waals surface area contributed by atoms with Crippen LogP contribution in [-0.4, -0.2) is 30.3 Å². The van der Waals surface area contributed by atoms with E-state index in [2.05, 4.69) is 17.0 Å². The number of aliphatic hydroxyl groups is 1. The van der Waals surface area contributed by atoms with E-state index in [1.54, 1.807) is 11.3 Å². The van der Waals surface area contributed by atoms with E-state index in [-0.39, 0.29) is 18.1 Å². The van der Waals surface area contributed by atoms with Gasteiger partial charge in [-0.1, -0.05) is 19.8 Å². The molecule has 2 atom stereocenters. The van der Waals surface area contributed by atoms with Gasteiger partial charge in [-0.05, 0) is 30.9 Å². The Morgan fingerprint density at radius 2 is 2.29 bits per heavy atom. The lowest BCUT2D eigenvalue weighted by atomic mass is 9.77. The van der Waals surface area contributed by atoms with Crippen molar-refractivity contribution in [2.75, 3.05) is 13.7 Å². The van der Waals surface area contributed by atoms with Crippen LogP contribution in [0.15, 0.2) is 12.1 Å². The van der Waals surface area contributed by atoms with Crippen LogP contribution in [0.1, 0.15) is 42.4 Å². The zero-order valence-corrected chi connectivity index (χ0v) is 13.7. The van der Waals surface area contributed by atoms with Gasteiger partial charge < -0.3 is 15.2 Å². The predicted octanol–water partition coefficient (Wildman–Crippen LogP) is 2.49. The molecule has 2 unspecified atom stereocenters. The Bertz CT molecular complexity index is 474. The van der Waals surface area contributed by atoms with Gasteiger partial charge >= 0.3 is 5.97 Å². The Balaban J connectivity index is 1.91. The van der Waals surface area contributed by atoms with Crippen LogP contribution in [-0.2, 0) is 22.5 Å². The quantitative estimate of drug-likeness (QED) is 0.793. The average Bonchev–Trinajstić information content (AvgIpc) is 2.92. The van der Waals surface area contributed by atoms with Gasteiger partial charge in [-0.15, -0.1) is 11.3 Å². The third-order valence-corrected chi connectivity index (χ3v) is 5.38. The molecule has 1 aliphatic carbocycles. The first-order valence-corrected chi connectivity index (χ1v) is 8.39. The first kappa shape index (κ1) is 16.5. The summed E-state index contributed by atoms with van der Waals surface area (Å²) in [6, 6.07) is 4.03. The molecule has 0 aliphatic heterocycles. The van der Waals surface area contributed by atoms with Crippen molar-refractivity contribution in [3.05, 3.63) is 21.9 Å². The molecule has 1 fully saturated rings. The molecule has 0 radical (unpaired) electrons. The number of thiophene rings is 1. The molecule has 1 aliphatic rings. The van der Waals surface area contributed by atoms with E-state index in [1.165, 1.54) is 24.8 Å². The normalized spacial score (nSPS) is 25.8. The van der Waals surface area contributed by atoms with Crippen molar-refractivity contribution in [3.63, 3.8) is 0 Å². The third-order valence-electron chi connectivity index (χ3n) is 4.30. The molecule has 2 N–H and O–H groups in total. The van der Waals surface area contributed by atoms with E-state index in [1.807, 2.05) is 12.1 Å². The second-order valence-corrected chi connectivity index (χ2v) is 7.37. The first-order chi connectivity index (χ1) is 10.1. The molecule has 0 spiro atoms. The number of esters is 1. The predicted molar refractivity (Wildman–Crippen MR) is 84.3 cm³/mol. The summed E-state index contributed by atoms with van der Waals surface area (Å²) in [4.78, 5) is 13.5. The van der Waals surface area contributed by atoms with Gasteiger partial charge in [0.05, 0.1) is 20.1 Å². The SMILES string of the molecule is COC(=O)Cc1ccc(CNC2(CO)CCCC(C)C2)s1. The smallest absolute Gasteiger partial charge is 0.310 e. The van der Waals surface area contributed by atoms with E-state index < -0.39 is 0 Å². The highest BCUT2D eigenvalue weighted by Gasteiger charge is 2.33. The molecule has 1 saturated carbocycles. The fourth-order valence-electron chi connectivity index (χ4n) is 3.12. The Labute approximate surface area is 130 Å².